The zero-order chi connectivity index (χ0) is 10.7. The lowest BCUT2D eigenvalue weighted by Crippen LogP contribution is -2.24. The number of carbonyl (C=O) groups excluding carboxylic acids is 1. The van der Waals surface area contributed by atoms with Crippen LogP contribution in [0, 0.1) is 0 Å². The molecule has 1 N–H and O–H groups in total. The Morgan fingerprint density at radius 3 is 3.13 bits per heavy atom. The van der Waals surface area contributed by atoms with Crippen molar-refractivity contribution < 1.29 is 4.79 Å². The Morgan fingerprint density at radius 1 is 1.67 bits per heavy atom. The van der Waals surface area contributed by atoms with Crippen molar-refractivity contribution >= 4 is 17.7 Å². The first-order chi connectivity index (χ1) is 7.31. The van der Waals surface area contributed by atoms with Crippen LogP contribution in [0.1, 0.15) is 25.8 Å². The molecule has 1 saturated carbocycles. The zero-order valence-corrected chi connectivity index (χ0v) is 9.33. The molecule has 0 unspecified atom stereocenters. The second kappa shape index (κ2) is 4.61. The monoisotopic (exact) mass is 227 g/mol. The SMILES string of the molecule is CCNC(=O)CSc1nnnn1C1CC1. The van der Waals surface area contributed by atoms with E-state index in [0.29, 0.717) is 18.3 Å². The van der Waals surface area contributed by atoms with Gasteiger partial charge in [0.15, 0.2) is 0 Å². The highest BCUT2D eigenvalue weighted by molar-refractivity contribution is 7.99. The Labute approximate surface area is 91.8 Å². The van der Waals surface area contributed by atoms with Gasteiger partial charge in [0.25, 0.3) is 0 Å². The summed E-state index contributed by atoms with van der Waals surface area (Å²) in [4.78, 5) is 11.2. The lowest BCUT2D eigenvalue weighted by Gasteiger charge is -2.02. The predicted molar refractivity (Wildman–Crippen MR) is 55.5 cm³/mol. The third-order valence-electron chi connectivity index (χ3n) is 2.06. The topological polar surface area (TPSA) is 72.7 Å². The highest BCUT2D eigenvalue weighted by Gasteiger charge is 2.27. The first kappa shape index (κ1) is 10.4. The third-order valence-corrected chi connectivity index (χ3v) is 3.00. The van der Waals surface area contributed by atoms with Gasteiger partial charge in [-0.05, 0) is 30.2 Å². The molecule has 1 aliphatic carbocycles. The van der Waals surface area contributed by atoms with Gasteiger partial charge in [0.2, 0.25) is 11.1 Å². The Kier molecular flexibility index (Phi) is 3.20. The van der Waals surface area contributed by atoms with Crippen molar-refractivity contribution in [2.24, 2.45) is 0 Å². The van der Waals surface area contributed by atoms with Gasteiger partial charge in [0, 0.05) is 6.54 Å². The molecule has 0 aliphatic heterocycles. The number of aromatic nitrogens is 4. The fourth-order valence-electron chi connectivity index (χ4n) is 1.21. The Hall–Kier alpha value is -1.11. The molecule has 0 saturated heterocycles. The molecule has 0 aromatic carbocycles. The number of amides is 1. The van der Waals surface area contributed by atoms with Gasteiger partial charge < -0.3 is 5.32 Å². The molecule has 1 amide bonds. The molecule has 7 heteroatoms. The van der Waals surface area contributed by atoms with Gasteiger partial charge in [0.1, 0.15) is 0 Å². The molecule has 0 spiro atoms. The van der Waals surface area contributed by atoms with Crippen LogP contribution in [0.5, 0.6) is 0 Å². The van der Waals surface area contributed by atoms with Crippen LogP contribution in [0.4, 0.5) is 0 Å². The molecule has 15 heavy (non-hydrogen) atoms. The van der Waals surface area contributed by atoms with Gasteiger partial charge in [-0.1, -0.05) is 11.8 Å². The van der Waals surface area contributed by atoms with E-state index in [2.05, 4.69) is 20.8 Å². The van der Waals surface area contributed by atoms with Gasteiger partial charge in [0.05, 0.1) is 11.8 Å². The summed E-state index contributed by atoms with van der Waals surface area (Å²) in [7, 11) is 0. The van der Waals surface area contributed by atoms with Crippen LogP contribution in [0.15, 0.2) is 5.16 Å². The standard InChI is InChI=1S/C8H13N5OS/c1-2-9-7(14)5-15-8-10-11-12-13(8)6-3-4-6/h6H,2-5H2,1H3,(H,9,14). The minimum absolute atomic E-state index is 0.0212. The van der Waals surface area contributed by atoms with E-state index in [9.17, 15) is 4.79 Å². The van der Waals surface area contributed by atoms with Crippen LogP contribution in [0.25, 0.3) is 0 Å². The first-order valence-electron chi connectivity index (χ1n) is 4.98. The smallest absolute Gasteiger partial charge is 0.230 e. The second-order valence-corrected chi connectivity index (χ2v) is 4.32. The average molecular weight is 227 g/mol. The second-order valence-electron chi connectivity index (χ2n) is 3.38. The quantitative estimate of drug-likeness (QED) is 0.729. The van der Waals surface area contributed by atoms with Crippen molar-refractivity contribution in [3.8, 4) is 0 Å². The molecule has 0 atom stereocenters. The van der Waals surface area contributed by atoms with Crippen molar-refractivity contribution in [1.29, 1.82) is 0 Å². The molecule has 1 heterocycles. The normalized spacial score (nSPS) is 15.3. The van der Waals surface area contributed by atoms with Crippen LogP contribution >= 0.6 is 11.8 Å². The number of tetrazole rings is 1. The van der Waals surface area contributed by atoms with Crippen LogP contribution in [-0.2, 0) is 4.79 Å². The van der Waals surface area contributed by atoms with Crippen molar-refractivity contribution in [2.45, 2.75) is 31.0 Å². The van der Waals surface area contributed by atoms with E-state index in [0.717, 1.165) is 18.0 Å². The molecular weight excluding hydrogens is 214 g/mol. The van der Waals surface area contributed by atoms with Crippen molar-refractivity contribution in [2.75, 3.05) is 12.3 Å². The number of hydrogen-bond acceptors (Lipinski definition) is 5. The summed E-state index contributed by atoms with van der Waals surface area (Å²) in [6.45, 7) is 2.56. The molecule has 2 rings (SSSR count). The van der Waals surface area contributed by atoms with Crippen LogP contribution < -0.4 is 5.32 Å². The van der Waals surface area contributed by atoms with E-state index in [1.54, 1.807) is 0 Å². The molecule has 6 nitrogen and oxygen atoms in total. The van der Waals surface area contributed by atoms with Gasteiger partial charge in [-0.25, -0.2) is 4.68 Å². The fourth-order valence-corrected chi connectivity index (χ4v) is 1.98. The molecule has 82 valence electrons. The highest BCUT2D eigenvalue weighted by Crippen LogP contribution is 2.36. The zero-order valence-electron chi connectivity index (χ0n) is 8.51. The maximum absolute atomic E-state index is 11.2. The minimum atomic E-state index is 0.0212. The number of hydrogen-bond donors (Lipinski definition) is 1. The summed E-state index contributed by atoms with van der Waals surface area (Å²) in [5.74, 6) is 0.397. The minimum Gasteiger partial charge on any atom is -0.356 e. The first-order valence-corrected chi connectivity index (χ1v) is 5.97. The predicted octanol–water partition coefficient (Wildman–Crippen LogP) is 0.236. The maximum atomic E-state index is 11.2. The van der Waals surface area contributed by atoms with E-state index in [-0.39, 0.29) is 5.91 Å². The summed E-state index contributed by atoms with van der Waals surface area (Å²) in [5.41, 5.74) is 0. The number of nitrogens with one attached hydrogen (secondary N) is 1. The molecule has 1 aliphatic rings. The summed E-state index contributed by atoms with van der Waals surface area (Å²) in [6.07, 6.45) is 2.28. The van der Waals surface area contributed by atoms with Gasteiger partial charge in [-0.2, -0.15) is 0 Å². The molecule has 1 aromatic rings. The number of nitrogens with zero attached hydrogens (tertiary/aromatic N) is 4. The van der Waals surface area contributed by atoms with Gasteiger partial charge in [-0.3, -0.25) is 4.79 Å². The van der Waals surface area contributed by atoms with E-state index >= 15 is 0 Å². The van der Waals surface area contributed by atoms with Crippen molar-refractivity contribution in [3.05, 3.63) is 0 Å². The average Bonchev–Trinajstić information content (AvgIpc) is 2.96. The van der Waals surface area contributed by atoms with E-state index in [1.807, 2.05) is 11.6 Å². The van der Waals surface area contributed by atoms with Crippen LogP contribution in [0.2, 0.25) is 0 Å². The van der Waals surface area contributed by atoms with Crippen molar-refractivity contribution in [3.63, 3.8) is 0 Å². The molecular formula is C8H13N5OS. The maximum Gasteiger partial charge on any atom is 0.230 e. The van der Waals surface area contributed by atoms with Gasteiger partial charge >= 0.3 is 0 Å². The number of thioether (sulfide) groups is 1. The molecule has 1 aromatic heterocycles. The third kappa shape index (κ3) is 2.68. The largest absolute Gasteiger partial charge is 0.356 e. The number of carbonyl (C=O) groups is 1. The van der Waals surface area contributed by atoms with E-state index < -0.39 is 0 Å². The van der Waals surface area contributed by atoms with Crippen LogP contribution in [0.3, 0.4) is 0 Å². The lowest BCUT2D eigenvalue weighted by molar-refractivity contribution is -0.118. The van der Waals surface area contributed by atoms with Crippen LogP contribution in [-0.4, -0.2) is 38.4 Å². The Bertz CT molecular complexity index is 349. The number of rotatable bonds is 5. The molecule has 0 radical (unpaired) electrons. The Morgan fingerprint density at radius 2 is 2.47 bits per heavy atom. The summed E-state index contributed by atoms with van der Waals surface area (Å²) >= 11 is 1.38. The van der Waals surface area contributed by atoms with Crippen molar-refractivity contribution in [1.82, 2.24) is 25.5 Å². The summed E-state index contributed by atoms with van der Waals surface area (Å²) in [6, 6.07) is 0.455. The van der Waals surface area contributed by atoms with E-state index in [1.165, 1.54) is 11.8 Å². The summed E-state index contributed by atoms with van der Waals surface area (Å²) in [5, 5.41) is 14.9. The summed E-state index contributed by atoms with van der Waals surface area (Å²) < 4.78 is 1.81. The highest BCUT2D eigenvalue weighted by atomic mass is 32.2. The Balaban J connectivity index is 1.87. The lowest BCUT2D eigenvalue weighted by atomic mass is 10.6. The van der Waals surface area contributed by atoms with Gasteiger partial charge in [-0.15, -0.1) is 5.10 Å². The molecule has 0 bridgehead atoms. The fraction of sp³-hybridized carbons (Fsp3) is 0.750. The van der Waals surface area contributed by atoms with E-state index in [4.69, 9.17) is 0 Å². The molecule has 1 fully saturated rings.